The van der Waals surface area contributed by atoms with Crippen molar-refractivity contribution in [3.8, 4) is 16.9 Å². The Bertz CT molecular complexity index is 1230. The summed E-state index contributed by atoms with van der Waals surface area (Å²) in [5.41, 5.74) is 0.584. The lowest BCUT2D eigenvalue weighted by atomic mass is 9.77. The van der Waals surface area contributed by atoms with Crippen molar-refractivity contribution in [2.75, 3.05) is 0 Å². The zero-order chi connectivity index (χ0) is 25.8. The fraction of sp³-hybridized carbons (Fsp3) is 0.367. The van der Waals surface area contributed by atoms with Crippen LogP contribution in [0, 0.1) is 29.2 Å². The number of benzene rings is 3. The van der Waals surface area contributed by atoms with Gasteiger partial charge in [-0.25, -0.2) is 22.4 Å². The van der Waals surface area contributed by atoms with E-state index in [1.807, 2.05) is 0 Å². The van der Waals surface area contributed by atoms with E-state index < -0.39 is 34.8 Å². The predicted molar refractivity (Wildman–Crippen MR) is 132 cm³/mol. The molecular formula is C30H30F4O2. The van der Waals surface area contributed by atoms with Crippen LogP contribution >= 0.6 is 0 Å². The van der Waals surface area contributed by atoms with Crippen LogP contribution in [0.1, 0.15) is 79.8 Å². The minimum atomic E-state index is -1.21. The first-order chi connectivity index (χ1) is 17.3. The van der Waals surface area contributed by atoms with Crippen LogP contribution in [0.5, 0.6) is 5.75 Å². The summed E-state index contributed by atoms with van der Waals surface area (Å²) in [6, 6.07) is 11.5. The van der Waals surface area contributed by atoms with E-state index in [1.165, 1.54) is 48.5 Å². The molecule has 0 saturated heterocycles. The van der Waals surface area contributed by atoms with Crippen molar-refractivity contribution in [1.29, 1.82) is 0 Å². The molecule has 0 aromatic heterocycles. The molecule has 0 bridgehead atoms. The average molecular weight is 499 g/mol. The van der Waals surface area contributed by atoms with Crippen LogP contribution in [0.15, 0.2) is 48.5 Å². The van der Waals surface area contributed by atoms with Crippen LogP contribution in [0.4, 0.5) is 17.6 Å². The Balaban J connectivity index is 1.46. The molecule has 1 aliphatic rings. The Kier molecular flexibility index (Phi) is 8.12. The fourth-order valence-electron chi connectivity index (χ4n) is 5.16. The topological polar surface area (TPSA) is 26.3 Å². The third kappa shape index (κ3) is 5.32. The van der Waals surface area contributed by atoms with Crippen LogP contribution in [0.3, 0.4) is 0 Å². The van der Waals surface area contributed by atoms with E-state index in [1.54, 1.807) is 6.92 Å². The molecule has 1 saturated carbocycles. The third-order valence-corrected chi connectivity index (χ3v) is 7.23. The van der Waals surface area contributed by atoms with Gasteiger partial charge in [0.05, 0.1) is 5.56 Å². The molecule has 0 spiro atoms. The molecule has 4 rings (SSSR count). The summed E-state index contributed by atoms with van der Waals surface area (Å²) in [5.74, 6) is -4.40. The first-order valence-electron chi connectivity index (χ1n) is 12.6. The van der Waals surface area contributed by atoms with Gasteiger partial charge in [-0.1, -0.05) is 57.0 Å². The van der Waals surface area contributed by atoms with Crippen molar-refractivity contribution in [1.82, 2.24) is 0 Å². The first kappa shape index (κ1) is 25.9. The molecular weight excluding hydrogens is 468 g/mol. The number of esters is 1. The van der Waals surface area contributed by atoms with Gasteiger partial charge in [0.25, 0.3) is 0 Å². The standard InChI is InChI=1S/C30H30F4O2/c1-3-5-18-6-8-20(9-7-18)24-16-17-25(29(34)28(24)33)30(35)36-22-13-10-21(11-14-22)23-15-12-19(4-2)26(31)27(23)32/h10-18,20H,3-9H2,1-2H3. The van der Waals surface area contributed by atoms with Crippen LogP contribution in [0.2, 0.25) is 0 Å². The molecule has 0 unspecified atom stereocenters. The Labute approximate surface area is 209 Å². The summed E-state index contributed by atoms with van der Waals surface area (Å²) in [5, 5.41) is 0. The maximum atomic E-state index is 14.9. The highest BCUT2D eigenvalue weighted by molar-refractivity contribution is 5.91. The van der Waals surface area contributed by atoms with E-state index in [9.17, 15) is 22.4 Å². The molecule has 190 valence electrons. The second kappa shape index (κ2) is 11.3. The van der Waals surface area contributed by atoms with E-state index in [0.717, 1.165) is 38.5 Å². The van der Waals surface area contributed by atoms with Gasteiger partial charge in [0.15, 0.2) is 23.3 Å². The summed E-state index contributed by atoms with van der Waals surface area (Å²) in [7, 11) is 0. The molecule has 36 heavy (non-hydrogen) atoms. The Hall–Kier alpha value is -3.15. The summed E-state index contributed by atoms with van der Waals surface area (Å²) in [6.45, 7) is 3.89. The van der Waals surface area contributed by atoms with Crippen molar-refractivity contribution in [3.05, 3.63) is 88.5 Å². The summed E-state index contributed by atoms with van der Waals surface area (Å²) in [4.78, 5) is 12.6. The second-order valence-corrected chi connectivity index (χ2v) is 9.50. The number of hydrogen-bond acceptors (Lipinski definition) is 2. The van der Waals surface area contributed by atoms with Crippen molar-refractivity contribution in [2.45, 2.75) is 64.7 Å². The predicted octanol–water partition coefficient (Wildman–Crippen LogP) is 8.77. The van der Waals surface area contributed by atoms with Crippen molar-refractivity contribution in [2.24, 2.45) is 5.92 Å². The SMILES string of the molecule is CCCC1CCC(c2ccc(C(=O)Oc3ccc(-c4ccc(CC)c(F)c4F)cc3)c(F)c2F)CC1. The lowest BCUT2D eigenvalue weighted by Gasteiger charge is -2.29. The highest BCUT2D eigenvalue weighted by Gasteiger charge is 2.28. The summed E-state index contributed by atoms with van der Waals surface area (Å²) < 4.78 is 63.6. The molecule has 6 heteroatoms. The normalized spacial score (nSPS) is 17.7. The Morgan fingerprint density at radius 2 is 1.50 bits per heavy atom. The average Bonchev–Trinajstić information content (AvgIpc) is 2.88. The number of rotatable bonds is 7. The zero-order valence-corrected chi connectivity index (χ0v) is 20.6. The van der Waals surface area contributed by atoms with Gasteiger partial charge in [0, 0.05) is 5.56 Å². The largest absolute Gasteiger partial charge is 0.423 e. The molecule has 0 heterocycles. The fourth-order valence-corrected chi connectivity index (χ4v) is 5.16. The smallest absolute Gasteiger partial charge is 0.346 e. The maximum Gasteiger partial charge on any atom is 0.346 e. The van der Waals surface area contributed by atoms with Gasteiger partial charge in [0.2, 0.25) is 0 Å². The van der Waals surface area contributed by atoms with Crippen molar-refractivity contribution >= 4 is 5.97 Å². The minimum absolute atomic E-state index is 0.0538. The monoisotopic (exact) mass is 498 g/mol. The van der Waals surface area contributed by atoms with Crippen LogP contribution in [-0.2, 0) is 6.42 Å². The second-order valence-electron chi connectivity index (χ2n) is 9.50. The molecule has 0 radical (unpaired) electrons. The van der Waals surface area contributed by atoms with E-state index in [0.29, 0.717) is 23.5 Å². The van der Waals surface area contributed by atoms with Crippen LogP contribution < -0.4 is 4.74 Å². The van der Waals surface area contributed by atoms with Gasteiger partial charge >= 0.3 is 5.97 Å². The molecule has 3 aromatic carbocycles. The van der Waals surface area contributed by atoms with E-state index in [-0.39, 0.29) is 22.8 Å². The molecule has 2 nitrogen and oxygen atoms in total. The lowest BCUT2D eigenvalue weighted by Crippen LogP contribution is -2.17. The number of carbonyl (C=O) groups excluding carboxylic acids is 1. The molecule has 0 amide bonds. The van der Waals surface area contributed by atoms with Crippen LogP contribution in [0.25, 0.3) is 11.1 Å². The number of hydrogen-bond donors (Lipinski definition) is 0. The quantitative estimate of drug-likeness (QED) is 0.185. The van der Waals surface area contributed by atoms with Gasteiger partial charge in [0.1, 0.15) is 5.75 Å². The molecule has 0 aliphatic heterocycles. The first-order valence-corrected chi connectivity index (χ1v) is 12.6. The number of ether oxygens (including phenoxy) is 1. The van der Waals surface area contributed by atoms with Crippen molar-refractivity contribution in [3.63, 3.8) is 0 Å². The number of aryl methyl sites for hydroxylation is 1. The molecule has 1 fully saturated rings. The highest BCUT2D eigenvalue weighted by Crippen LogP contribution is 2.39. The highest BCUT2D eigenvalue weighted by atomic mass is 19.2. The molecule has 0 atom stereocenters. The molecule has 3 aromatic rings. The summed E-state index contributed by atoms with van der Waals surface area (Å²) in [6.07, 6.45) is 6.27. The van der Waals surface area contributed by atoms with Crippen LogP contribution in [-0.4, -0.2) is 5.97 Å². The van der Waals surface area contributed by atoms with Gasteiger partial charge in [-0.05, 0) is 78.8 Å². The minimum Gasteiger partial charge on any atom is -0.423 e. The lowest BCUT2D eigenvalue weighted by molar-refractivity contribution is 0.0728. The van der Waals surface area contributed by atoms with Gasteiger partial charge in [-0.15, -0.1) is 0 Å². The van der Waals surface area contributed by atoms with E-state index in [4.69, 9.17) is 4.74 Å². The molecule has 0 N–H and O–H groups in total. The Morgan fingerprint density at radius 1 is 0.806 bits per heavy atom. The maximum absolute atomic E-state index is 14.9. The van der Waals surface area contributed by atoms with Crippen molar-refractivity contribution < 1.29 is 27.1 Å². The number of carbonyl (C=O) groups is 1. The Morgan fingerprint density at radius 3 is 2.14 bits per heavy atom. The van der Waals surface area contributed by atoms with E-state index in [2.05, 4.69) is 6.92 Å². The van der Waals surface area contributed by atoms with Gasteiger partial charge in [-0.2, -0.15) is 0 Å². The van der Waals surface area contributed by atoms with E-state index >= 15 is 0 Å². The van der Waals surface area contributed by atoms with Gasteiger partial charge in [-0.3, -0.25) is 0 Å². The van der Waals surface area contributed by atoms with Gasteiger partial charge < -0.3 is 4.74 Å². The molecule has 1 aliphatic carbocycles. The summed E-state index contributed by atoms with van der Waals surface area (Å²) >= 11 is 0. The third-order valence-electron chi connectivity index (χ3n) is 7.23. The zero-order valence-electron chi connectivity index (χ0n) is 20.6. The number of halogens is 4.